The number of amides is 1. The molecular weight excluding hydrogens is 254 g/mol. The van der Waals surface area contributed by atoms with Crippen LogP contribution in [0.25, 0.3) is 0 Å². The van der Waals surface area contributed by atoms with Crippen LogP contribution in [0.5, 0.6) is 0 Å². The first-order valence-corrected chi connectivity index (χ1v) is 5.96. The molecule has 0 fully saturated rings. The van der Waals surface area contributed by atoms with E-state index in [1.807, 2.05) is 0 Å². The van der Waals surface area contributed by atoms with Crippen LogP contribution in [-0.2, 0) is 4.74 Å². The Labute approximate surface area is 111 Å². The second-order valence-corrected chi connectivity index (χ2v) is 4.22. The minimum atomic E-state index is -0.794. The molecule has 106 valence electrons. The molecule has 1 aromatic rings. The highest BCUT2D eigenvalue weighted by Gasteiger charge is 2.15. The molecule has 0 saturated heterocycles. The van der Waals surface area contributed by atoms with E-state index in [4.69, 9.17) is 4.74 Å². The summed E-state index contributed by atoms with van der Waals surface area (Å²) in [4.78, 5) is 11.8. The van der Waals surface area contributed by atoms with Gasteiger partial charge >= 0.3 is 0 Å². The van der Waals surface area contributed by atoms with Crippen LogP contribution in [0.2, 0.25) is 0 Å². The van der Waals surface area contributed by atoms with E-state index in [0.717, 1.165) is 12.1 Å². The smallest absolute Gasteiger partial charge is 0.251 e. The summed E-state index contributed by atoms with van der Waals surface area (Å²) in [5.74, 6) is -2.10. The Morgan fingerprint density at radius 2 is 1.95 bits per heavy atom. The molecule has 1 rings (SSSR count). The maximum atomic E-state index is 13.5. The normalized spacial score (nSPS) is 12.1. The number of rotatable bonds is 6. The third kappa shape index (κ3) is 4.17. The van der Waals surface area contributed by atoms with Crippen molar-refractivity contribution in [1.82, 2.24) is 5.32 Å². The molecule has 1 amide bonds. The van der Waals surface area contributed by atoms with Crippen LogP contribution >= 0.6 is 0 Å². The predicted molar refractivity (Wildman–Crippen MR) is 69.3 cm³/mol. The molecule has 0 spiro atoms. The van der Waals surface area contributed by atoms with Gasteiger partial charge in [-0.3, -0.25) is 4.79 Å². The van der Waals surface area contributed by atoms with Gasteiger partial charge in [-0.05, 0) is 25.5 Å². The second kappa shape index (κ2) is 7.04. The lowest BCUT2D eigenvalue weighted by Crippen LogP contribution is -2.33. The molecule has 0 bridgehead atoms. The van der Waals surface area contributed by atoms with E-state index in [1.54, 1.807) is 14.0 Å². The molecule has 0 heterocycles. The Bertz CT molecular complexity index is 429. The molecule has 0 aliphatic heterocycles. The van der Waals surface area contributed by atoms with Crippen molar-refractivity contribution in [2.24, 2.45) is 0 Å². The van der Waals surface area contributed by atoms with Crippen molar-refractivity contribution in [2.75, 3.05) is 26.1 Å². The Morgan fingerprint density at radius 3 is 2.42 bits per heavy atom. The first kappa shape index (κ1) is 15.4. The van der Waals surface area contributed by atoms with Crippen molar-refractivity contribution in [3.8, 4) is 0 Å². The zero-order valence-corrected chi connectivity index (χ0v) is 11.2. The number of carbonyl (C=O) groups is 1. The van der Waals surface area contributed by atoms with Crippen molar-refractivity contribution < 1.29 is 18.3 Å². The van der Waals surface area contributed by atoms with Gasteiger partial charge in [0.25, 0.3) is 5.91 Å². The molecule has 0 aliphatic carbocycles. The van der Waals surface area contributed by atoms with Gasteiger partial charge in [-0.25, -0.2) is 8.78 Å². The van der Waals surface area contributed by atoms with Crippen LogP contribution in [-0.4, -0.2) is 32.7 Å². The minimum Gasteiger partial charge on any atom is -0.385 e. The highest BCUT2D eigenvalue weighted by atomic mass is 19.1. The summed E-state index contributed by atoms with van der Waals surface area (Å²) in [6, 6.07) is 1.88. The zero-order chi connectivity index (χ0) is 14.4. The summed E-state index contributed by atoms with van der Waals surface area (Å²) in [6.07, 6.45) is 0.627. The number of methoxy groups -OCH3 is 1. The first-order chi connectivity index (χ1) is 8.99. The molecular formula is C13H18F2N2O2. The van der Waals surface area contributed by atoms with E-state index in [9.17, 15) is 13.6 Å². The van der Waals surface area contributed by atoms with Crippen LogP contribution < -0.4 is 10.6 Å². The van der Waals surface area contributed by atoms with Crippen molar-refractivity contribution in [2.45, 2.75) is 19.4 Å². The van der Waals surface area contributed by atoms with Gasteiger partial charge < -0.3 is 15.4 Å². The van der Waals surface area contributed by atoms with Gasteiger partial charge in [0, 0.05) is 32.4 Å². The van der Waals surface area contributed by atoms with E-state index in [2.05, 4.69) is 10.6 Å². The van der Waals surface area contributed by atoms with Crippen LogP contribution in [0.15, 0.2) is 12.1 Å². The standard InChI is InChI=1S/C13H18F2N2O2/c1-8(4-5-19-3)17-13(18)9-6-10(14)12(16-2)11(15)7-9/h6-8,16H,4-5H2,1-3H3,(H,17,18). The monoisotopic (exact) mass is 272 g/mol. The Kier molecular flexibility index (Phi) is 5.69. The molecule has 0 radical (unpaired) electrons. The Hall–Kier alpha value is -1.69. The third-order valence-electron chi connectivity index (χ3n) is 2.69. The van der Waals surface area contributed by atoms with Gasteiger partial charge in [-0.15, -0.1) is 0 Å². The molecule has 4 nitrogen and oxygen atoms in total. The highest BCUT2D eigenvalue weighted by Crippen LogP contribution is 2.20. The number of halogens is 2. The molecule has 1 aromatic carbocycles. The maximum Gasteiger partial charge on any atom is 0.251 e. The molecule has 1 atom stereocenters. The highest BCUT2D eigenvalue weighted by molar-refractivity contribution is 5.94. The zero-order valence-electron chi connectivity index (χ0n) is 11.2. The maximum absolute atomic E-state index is 13.5. The largest absolute Gasteiger partial charge is 0.385 e. The van der Waals surface area contributed by atoms with Crippen LogP contribution in [0.4, 0.5) is 14.5 Å². The lowest BCUT2D eigenvalue weighted by molar-refractivity contribution is 0.0928. The minimum absolute atomic E-state index is 0.0433. The van der Waals surface area contributed by atoms with Gasteiger partial charge in [0.05, 0.1) is 0 Å². The third-order valence-corrected chi connectivity index (χ3v) is 2.69. The number of benzene rings is 1. The van der Waals surface area contributed by atoms with Gasteiger partial charge in [-0.2, -0.15) is 0 Å². The molecule has 0 saturated carbocycles. The number of carbonyl (C=O) groups excluding carboxylic acids is 1. The summed E-state index contributed by atoms with van der Waals surface area (Å²) in [5.41, 5.74) is -0.290. The quantitative estimate of drug-likeness (QED) is 0.834. The van der Waals surface area contributed by atoms with Crippen molar-refractivity contribution in [3.63, 3.8) is 0 Å². The molecule has 1 unspecified atom stereocenters. The summed E-state index contributed by atoms with van der Waals surface area (Å²) in [5, 5.41) is 5.05. The number of nitrogens with one attached hydrogen (secondary N) is 2. The lowest BCUT2D eigenvalue weighted by atomic mass is 10.1. The van der Waals surface area contributed by atoms with E-state index >= 15 is 0 Å². The fraction of sp³-hybridized carbons (Fsp3) is 0.462. The Morgan fingerprint density at radius 1 is 1.37 bits per heavy atom. The van der Waals surface area contributed by atoms with Crippen molar-refractivity contribution in [1.29, 1.82) is 0 Å². The van der Waals surface area contributed by atoms with E-state index in [1.165, 1.54) is 7.05 Å². The van der Waals surface area contributed by atoms with Crippen LogP contribution in [0, 0.1) is 11.6 Å². The molecule has 2 N–H and O–H groups in total. The SMILES string of the molecule is CNc1c(F)cc(C(=O)NC(C)CCOC)cc1F. The summed E-state index contributed by atoms with van der Waals surface area (Å²) in [6.45, 7) is 2.30. The fourth-order valence-electron chi connectivity index (χ4n) is 1.62. The van der Waals surface area contributed by atoms with Gasteiger partial charge in [0.15, 0.2) is 0 Å². The lowest BCUT2D eigenvalue weighted by Gasteiger charge is -2.14. The second-order valence-electron chi connectivity index (χ2n) is 4.22. The van der Waals surface area contributed by atoms with Crippen LogP contribution in [0.3, 0.4) is 0 Å². The summed E-state index contributed by atoms with van der Waals surface area (Å²) < 4.78 is 31.9. The number of hydrogen-bond donors (Lipinski definition) is 2. The van der Waals surface area contributed by atoms with Gasteiger partial charge in [0.2, 0.25) is 0 Å². The topological polar surface area (TPSA) is 50.4 Å². The van der Waals surface area contributed by atoms with Crippen molar-refractivity contribution in [3.05, 3.63) is 29.3 Å². The summed E-state index contributed by atoms with van der Waals surface area (Å²) in [7, 11) is 2.98. The number of hydrogen-bond acceptors (Lipinski definition) is 3. The van der Waals surface area contributed by atoms with Gasteiger partial charge in [-0.1, -0.05) is 0 Å². The molecule has 0 aliphatic rings. The predicted octanol–water partition coefficient (Wildman–Crippen LogP) is 2.16. The van der Waals surface area contributed by atoms with Crippen LogP contribution in [0.1, 0.15) is 23.7 Å². The van der Waals surface area contributed by atoms with E-state index in [0.29, 0.717) is 13.0 Å². The average molecular weight is 272 g/mol. The van der Waals surface area contributed by atoms with E-state index in [-0.39, 0.29) is 17.3 Å². The molecule has 19 heavy (non-hydrogen) atoms. The fourth-order valence-corrected chi connectivity index (χ4v) is 1.62. The first-order valence-electron chi connectivity index (χ1n) is 5.96. The molecule has 0 aromatic heterocycles. The van der Waals surface area contributed by atoms with E-state index < -0.39 is 17.5 Å². The van der Waals surface area contributed by atoms with Crippen molar-refractivity contribution >= 4 is 11.6 Å². The van der Waals surface area contributed by atoms with Gasteiger partial charge in [0.1, 0.15) is 17.3 Å². The number of anilines is 1. The number of ether oxygens (including phenoxy) is 1. The average Bonchev–Trinajstić information content (AvgIpc) is 2.35. The summed E-state index contributed by atoms with van der Waals surface area (Å²) >= 11 is 0. The Balaban J connectivity index is 2.78. The molecule has 6 heteroatoms.